The number of ether oxygens (including phenoxy) is 1. The van der Waals surface area contributed by atoms with Gasteiger partial charge in [-0.15, -0.1) is 11.6 Å². The molecule has 0 aliphatic rings. The average Bonchev–Trinajstić information content (AvgIpc) is 2.36. The Balaban J connectivity index is 2.99. The van der Waals surface area contributed by atoms with E-state index < -0.39 is 6.10 Å². The molecule has 0 saturated heterocycles. The Morgan fingerprint density at radius 3 is 2.82 bits per heavy atom. The zero-order chi connectivity index (χ0) is 12.8. The van der Waals surface area contributed by atoms with Crippen molar-refractivity contribution in [3.8, 4) is 11.8 Å². The smallest absolute Gasteiger partial charge is 0.123 e. The van der Waals surface area contributed by atoms with Gasteiger partial charge in [0.1, 0.15) is 11.8 Å². The van der Waals surface area contributed by atoms with Crippen molar-refractivity contribution >= 4 is 17.3 Å². The summed E-state index contributed by atoms with van der Waals surface area (Å²) in [6.07, 6.45) is -0.645. The van der Waals surface area contributed by atoms with Gasteiger partial charge in [-0.05, 0) is 19.1 Å². The van der Waals surface area contributed by atoms with Gasteiger partial charge in [-0.25, -0.2) is 0 Å². The van der Waals surface area contributed by atoms with E-state index in [-0.39, 0.29) is 5.88 Å². The van der Waals surface area contributed by atoms with Crippen molar-refractivity contribution in [3.63, 3.8) is 0 Å². The lowest BCUT2D eigenvalue weighted by Crippen LogP contribution is -2.21. The number of rotatable bonds is 5. The van der Waals surface area contributed by atoms with E-state index in [4.69, 9.17) is 21.6 Å². The molecule has 0 radical (unpaired) electrons. The molecule has 0 amide bonds. The predicted octanol–water partition coefficient (Wildman–Crippen LogP) is 1.89. The molecule has 1 aromatic rings. The van der Waals surface area contributed by atoms with Crippen molar-refractivity contribution in [2.75, 3.05) is 24.9 Å². The second-order valence-electron chi connectivity index (χ2n) is 3.62. The second-order valence-corrected chi connectivity index (χ2v) is 3.92. The van der Waals surface area contributed by atoms with Crippen LogP contribution in [0.2, 0.25) is 0 Å². The first-order valence-electron chi connectivity index (χ1n) is 5.19. The summed E-state index contributed by atoms with van der Waals surface area (Å²) in [6, 6.07) is 5.53. The van der Waals surface area contributed by atoms with Gasteiger partial charge in [0.25, 0.3) is 0 Å². The van der Waals surface area contributed by atoms with Crippen molar-refractivity contribution < 1.29 is 9.84 Å². The van der Waals surface area contributed by atoms with E-state index in [0.29, 0.717) is 23.5 Å². The largest absolute Gasteiger partial charge is 0.496 e. The molecular formula is C12H15ClN2O2. The van der Waals surface area contributed by atoms with Crippen LogP contribution in [0.1, 0.15) is 11.1 Å². The highest BCUT2D eigenvalue weighted by Crippen LogP contribution is 2.28. The fourth-order valence-corrected chi connectivity index (χ4v) is 1.62. The number of alkyl halides is 1. The molecular weight excluding hydrogens is 240 g/mol. The summed E-state index contributed by atoms with van der Waals surface area (Å²) < 4.78 is 5.18. The SMILES string of the molecule is COc1ccc(C#N)c(NCC(O)CCl)c1C. The molecule has 0 saturated carbocycles. The molecule has 0 aliphatic heterocycles. The van der Waals surface area contributed by atoms with Crippen molar-refractivity contribution in [2.45, 2.75) is 13.0 Å². The standard InChI is InChI=1S/C12H15ClN2O2/c1-8-11(17-2)4-3-9(6-14)12(8)15-7-10(16)5-13/h3-4,10,15-16H,5,7H2,1-2H3. The van der Waals surface area contributed by atoms with E-state index in [1.54, 1.807) is 19.2 Å². The summed E-state index contributed by atoms with van der Waals surface area (Å²) in [6.45, 7) is 2.15. The fraction of sp³-hybridized carbons (Fsp3) is 0.417. The van der Waals surface area contributed by atoms with E-state index in [1.807, 2.05) is 6.92 Å². The zero-order valence-corrected chi connectivity index (χ0v) is 10.6. The predicted molar refractivity (Wildman–Crippen MR) is 67.7 cm³/mol. The van der Waals surface area contributed by atoms with Crippen LogP contribution in [-0.2, 0) is 0 Å². The first kappa shape index (κ1) is 13.6. The summed E-state index contributed by atoms with van der Waals surface area (Å²) in [5.41, 5.74) is 2.04. The van der Waals surface area contributed by atoms with Crippen molar-refractivity contribution in [1.29, 1.82) is 5.26 Å². The lowest BCUT2D eigenvalue weighted by Gasteiger charge is -2.15. The first-order valence-corrected chi connectivity index (χ1v) is 5.73. The number of nitrogens with one attached hydrogen (secondary N) is 1. The molecule has 1 rings (SSSR count). The number of anilines is 1. The Morgan fingerprint density at radius 1 is 1.59 bits per heavy atom. The molecule has 0 aromatic heterocycles. The van der Waals surface area contributed by atoms with Crippen molar-refractivity contribution in [1.82, 2.24) is 0 Å². The molecule has 17 heavy (non-hydrogen) atoms. The molecule has 2 N–H and O–H groups in total. The molecule has 0 fully saturated rings. The number of nitrogens with zero attached hydrogens (tertiary/aromatic N) is 1. The van der Waals surface area contributed by atoms with Gasteiger partial charge >= 0.3 is 0 Å². The van der Waals surface area contributed by atoms with Crippen LogP contribution in [0.15, 0.2) is 12.1 Å². The molecule has 0 aliphatic carbocycles. The summed E-state index contributed by atoms with van der Waals surface area (Å²) in [5.74, 6) is 0.851. The molecule has 0 bridgehead atoms. The van der Waals surface area contributed by atoms with Crippen molar-refractivity contribution in [3.05, 3.63) is 23.3 Å². The molecule has 4 nitrogen and oxygen atoms in total. The van der Waals surface area contributed by atoms with Gasteiger partial charge in [-0.3, -0.25) is 0 Å². The minimum Gasteiger partial charge on any atom is -0.496 e. The Bertz CT molecular complexity index is 429. The maximum atomic E-state index is 9.39. The van der Waals surface area contributed by atoms with Crippen LogP contribution in [0.4, 0.5) is 5.69 Å². The molecule has 0 spiro atoms. The van der Waals surface area contributed by atoms with Crippen LogP contribution in [0, 0.1) is 18.3 Å². The molecule has 5 heteroatoms. The Kier molecular flexibility index (Phi) is 5.08. The van der Waals surface area contributed by atoms with Gasteiger partial charge in [0.2, 0.25) is 0 Å². The van der Waals surface area contributed by atoms with Gasteiger partial charge in [-0.2, -0.15) is 5.26 Å². The van der Waals surface area contributed by atoms with E-state index >= 15 is 0 Å². The minimum absolute atomic E-state index is 0.151. The third kappa shape index (κ3) is 3.26. The summed E-state index contributed by atoms with van der Waals surface area (Å²) in [5, 5.41) is 21.4. The summed E-state index contributed by atoms with van der Waals surface area (Å²) in [4.78, 5) is 0. The summed E-state index contributed by atoms with van der Waals surface area (Å²) >= 11 is 5.51. The normalized spacial score (nSPS) is 11.7. The highest BCUT2D eigenvalue weighted by molar-refractivity contribution is 6.18. The van der Waals surface area contributed by atoms with E-state index in [1.165, 1.54) is 0 Å². The van der Waals surface area contributed by atoms with Crippen LogP contribution in [0.3, 0.4) is 0 Å². The average molecular weight is 255 g/mol. The summed E-state index contributed by atoms with van der Waals surface area (Å²) in [7, 11) is 1.58. The fourth-order valence-electron chi connectivity index (χ4n) is 1.51. The van der Waals surface area contributed by atoms with E-state index in [9.17, 15) is 5.11 Å². The molecule has 1 unspecified atom stereocenters. The number of nitriles is 1. The second kappa shape index (κ2) is 6.33. The van der Waals surface area contributed by atoms with Crippen molar-refractivity contribution in [2.24, 2.45) is 0 Å². The quantitative estimate of drug-likeness (QED) is 0.788. The van der Waals surface area contributed by atoms with Gasteiger partial charge in [-0.1, -0.05) is 0 Å². The number of aliphatic hydroxyl groups is 1. The maximum absolute atomic E-state index is 9.39. The van der Waals surface area contributed by atoms with Crippen LogP contribution in [0.5, 0.6) is 5.75 Å². The van der Waals surface area contributed by atoms with Gasteiger partial charge < -0.3 is 15.2 Å². The molecule has 1 atom stereocenters. The first-order chi connectivity index (χ1) is 8.13. The lowest BCUT2D eigenvalue weighted by molar-refractivity contribution is 0.211. The number of methoxy groups -OCH3 is 1. The topological polar surface area (TPSA) is 65.3 Å². The highest BCUT2D eigenvalue weighted by atomic mass is 35.5. The minimum atomic E-state index is -0.645. The van der Waals surface area contributed by atoms with Gasteiger partial charge in [0.05, 0.1) is 30.3 Å². The monoisotopic (exact) mass is 254 g/mol. The van der Waals surface area contributed by atoms with E-state index in [2.05, 4.69) is 11.4 Å². The lowest BCUT2D eigenvalue weighted by atomic mass is 10.1. The zero-order valence-electron chi connectivity index (χ0n) is 9.83. The van der Waals surface area contributed by atoms with Crippen LogP contribution in [0.25, 0.3) is 0 Å². The number of hydrogen-bond acceptors (Lipinski definition) is 4. The number of halogens is 1. The number of aliphatic hydroxyl groups excluding tert-OH is 1. The maximum Gasteiger partial charge on any atom is 0.123 e. The number of benzene rings is 1. The third-order valence-electron chi connectivity index (χ3n) is 2.45. The molecule has 0 heterocycles. The van der Waals surface area contributed by atoms with Crippen LogP contribution in [-0.4, -0.2) is 30.7 Å². The Labute approximate surface area is 106 Å². The molecule has 92 valence electrons. The van der Waals surface area contributed by atoms with Gasteiger partial charge in [0.15, 0.2) is 0 Å². The molecule has 1 aromatic carbocycles. The Morgan fingerprint density at radius 2 is 2.29 bits per heavy atom. The third-order valence-corrected chi connectivity index (χ3v) is 2.80. The Hall–Kier alpha value is -1.44. The van der Waals surface area contributed by atoms with Crippen LogP contribution < -0.4 is 10.1 Å². The van der Waals surface area contributed by atoms with Gasteiger partial charge in [0, 0.05) is 12.1 Å². The van der Waals surface area contributed by atoms with Crippen LogP contribution >= 0.6 is 11.6 Å². The number of hydrogen-bond donors (Lipinski definition) is 2. The van der Waals surface area contributed by atoms with E-state index in [0.717, 1.165) is 5.56 Å². The highest BCUT2D eigenvalue weighted by Gasteiger charge is 2.11.